The number of hydrogen-bond acceptors (Lipinski definition) is 4. The van der Waals surface area contributed by atoms with Gasteiger partial charge in [-0.3, -0.25) is 10.1 Å². The molecule has 1 aromatic rings. The lowest BCUT2D eigenvalue weighted by Crippen LogP contribution is -2.04. The molecule has 0 saturated heterocycles. The number of rotatable bonds is 3. The minimum Gasteiger partial charge on any atom is -0.326 e. The number of nitro groups is 1. The summed E-state index contributed by atoms with van der Waals surface area (Å²) in [7, 11) is 0. The molecule has 4 N–H and O–H groups in total. The van der Waals surface area contributed by atoms with Gasteiger partial charge in [0.15, 0.2) is 0 Å². The quantitative estimate of drug-likeness (QED) is 0.524. The lowest BCUT2D eigenvalue weighted by atomic mass is 10.1. The molecule has 13 heavy (non-hydrogen) atoms. The van der Waals surface area contributed by atoms with Crippen molar-refractivity contribution in [3.63, 3.8) is 0 Å². The standard InChI is InChI=1S/C8H11N3O2/c9-4-6-1-2-7(5-10)8(3-6)11(12)13/h1-3H,4-5,9-10H2. The first-order chi connectivity index (χ1) is 6.19. The van der Waals surface area contributed by atoms with E-state index in [2.05, 4.69) is 0 Å². The molecule has 0 aliphatic rings. The molecule has 0 unspecified atom stereocenters. The van der Waals surface area contributed by atoms with Crippen LogP contribution in [0.4, 0.5) is 5.69 Å². The first-order valence-electron chi connectivity index (χ1n) is 3.85. The Morgan fingerprint density at radius 3 is 2.46 bits per heavy atom. The molecule has 5 nitrogen and oxygen atoms in total. The highest BCUT2D eigenvalue weighted by atomic mass is 16.6. The summed E-state index contributed by atoms with van der Waals surface area (Å²) in [5, 5.41) is 10.6. The zero-order valence-electron chi connectivity index (χ0n) is 7.06. The van der Waals surface area contributed by atoms with Crippen molar-refractivity contribution in [2.24, 2.45) is 11.5 Å². The molecule has 0 fully saturated rings. The van der Waals surface area contributed by atoms with E-state index in [0.717, 1.165) is 5.56 Å². The van der Waals surface area contributed by atoms with E-state index < -0.39 is 4.92 Å². The summed E-state index contributed by atoms with van der Waals surface area (Å²) in [5.74, 6) is 0. The lowest BCUT2D eigenvalue weighted by molar-refractivity contribution is -0.385. The van der Waals surface area contributed by atoms with E-state index in [0.29, 0.717) is 12.1 Å². The van der Waals surface area contributed by atoms with E-state index >= 15 is 0 Å². The molecule has 0 heterocycles. The van der Waals surface area contributed by atoms with Gasteiger partial charge in [0.05, 0.1) is 4.92 Å². The Morgan fingerprint density at radius 2 is 2.00 bits per heavy atom. The van der Waals surface area contributed by atoms with Crippen LogP contribution >= 0.6 is 0 Å². The van der Waals surface area contributed by atoms with Crippen LogP contribution in [-0.2, 0) is 13.1 Å². The molecular formula is C8H11N3O2. The van der Waals surface area contributed by atoms with Crippen LogP contribution in [0, 0.1) is 10.1 Å². The van der Waals surface area contributed by atoms with Gasteiger partial charge in [0.25, 0.3) is 5.69 Å². The van der Waals surface area contributed by atoms with Crippen molar-refractivity contribution < 1.29 is 4.92 Å². The number of nitrogens with zero attached hydrogens (tertiary/aromatic N) is 1. The average molecular weight is 181 g/mol. The molecule has 0 atom stereocenters. The predicted octanol–water partition coefficient (Wildman–Crippen LogP) is 0.512. The second-order valence-electron chi connectivity index (χ2n) is 2.63. The minimum atomic E-state index is -0.443. The number of benzene rings is 1. The molecule has 5 heteroatoms. The normalized spacial score (nSPS) is 10.0. The van der Waals surface area contributed by atoms with E-state index in [-0.39, 0.29) is 12.2 Å². The van der Waals surface area contributed by atoms with E-state index in [9.17, 15) is 10.1 Å². The summed E-state index contributed by atoms with van der Waals surface area (Å²) in [6, 6.07) is 4.84. The predicted molar refractivity (Wildman–Crippen MR) is 48.9 cm³/mol. The number of hydrogen-bond donors (Lipinski definition) is 2. The summed E-state index contributed by atoms with van der Waals surface area (Å²) in [6.07, 6.45) is 0. The van der Waals surface area contributed by atoms with Crippen LogP contribution in [0.3, 0.4) is 0 Å². The molecule has 70 valence electrons. The zero-order valence-corrected chi connectivity index (χ0v) is 7.06. The third-order valence-corrected chi connectivity index (χ3v) is 1.80. The molecule has 0 aromatic heterocycles. The van der Waals surface area contributed by atoms with Gasteiger partial charge in [-0.25, -0.2) is 0 Å². The van der Waals surface area contributed by atoms with Crippen molar-refractivity contribution in [1.29, 1.82) is 0 Å². The van der Waals surface area contributed by atoms with Crippen LogP contribution in [-0.4, -0.2) is 4.92 Å². The Labute approximate surface area is 75.5 Å². The van der Waals surface area contributed by atoms with E-state index in [1.807, 2.05) is 0 Å². The molecule has 0 aliphatic carbocycles. The molecule has 0 amide bonds. The molecule has 0 bridgehead atoms. The Kier molecular flexibility index (Phi) is 2.94. The second-order valence-corrected chi connectivity index (χ2v) is 2.63. The third-order valence-electron chi connectivity index (χ3n) is 1.80. The molecule has 0 radical (unpaired) electrons. The van der Waals surface area contributed by atoms with E-state index in [4.69, 9.17) is 11.5 Å². The molecule has 0 aliphatic heterocycles. The van der Waals surface area contributed by atoms with Crippen LogP contribution in [0.15, 0.2) is 18.2 Å². The molecule has 1 rings (SSSR count). The Hall–Kier alpha value is -1.46. The topological polar surface area (TPSA) is 95.2 Å². The van der Waals surface area contributed by atoms with Crippen LogP contribution in [0.1, 0.15) is 11.1 Å². The molecular weight excluding hydrogens is 170 g/mol. The molecule has 1 aromatic carbocycles. The van der Waals surface area contributed by atoms with Crippen LogP contribution in [0.5, 0.6) is 0 Å². The Bertz CT molecular complexity index is 325. The van der Waals surface area contributed by atoms with Crippen molar-refractivity contribution in [3.8, 4) is 0 Å². The summed E-state index contributed by atoms with van der Waals surface area (Å²) < 4.78 is 0. The smallest absolute Gasteiger partial charge is 0.274 e. The van der Waals surface area contributed by atoms with Crippen molar-refractivity contribution in [2.75, 3.05) is 0 Å². The van der Waals surface area contributed by atoms with E-state index in [1.165, 1.54) is 6.07 Å². The first kappa shape index (κ1) is 9.63. The van der Waals surface area contributed by atoms with Crippen molar-refractivity contribution in [3.05, 3.63) is 39.4 Å². The van der Waals surface area contributed by atoms with Crippen molar-refractivity contribution >= 4 is 5.69 Å². The van der Waals surface area contributed by atoms with Gasteiger partial charge in [-0.15, -0.1) is 0 Å². The highest BCUT2D eigenvalue weighted by Gasteiger charge is 2.12. The van der Waals surface area contributed by atoms with Crippen LogP contribution in [0.2, 0.25) is 0 Å². The average Bonchev–Trinajstić information content (AvgIpc) is 2.16. The highest BCUT2D eigenvalue weighted by Crippen LogP contribution is 2.19. The monoisotopic (exact) mass is 181 g/mol. The van der Waals surface area contributed by atoms with Crippen LogP contribution < -0.4 is 11.5 Å². The van der Waals surface area contributed by atoms with Crippen LogP contribution in [0.25, 0.3) is 0 Å². The third kappa shape index (κ3) is 2.01. The Morgan fingerprint density at radius 1 is 1.31 bits per heavy atom. The number of nitrogens with two attached hydrogens (primary N) is 2. The van der Waals surface area contributed by atoms with Gasteiger partial charge in [-0.1, -0.05) is 12.1 Å². The van der Waals surface area contributed by atoms with Gasteiger partial charge in [0, 0.05) is 24.7 Å². The van der Waals surface area contributed by atoms with Crippen molar-refractivity contribution in [2.45, 2.75) is 13.1 Å². The van der Waals surface area contributed by atoms with Gasteiger partial charge >= 0.3 is 0 Å². The maximum atomic E-state index is 10.6. The fourth-order valence-corrected chi connectivity index (χ4v) is 1.08. The first-order valence-corrected chi connectivity index (χ1v) is 3.85. The maximum absolute atomic E-state index is 10.6. The van der Waals surface area contributed by atoms with Gasteiger partial charge in [0.1, 0.15) is 0 Å². The van der Waals surface area contributed by atoms with Gasteiger partial charge in [-0.2, -0.15) is 0 Å². The minimum absolute atomic E-state index is 0.0467. The van der Waals surface area contributed by atoms with Gasteiger partial charge < -0.3 is 11.5 Å². The number of nitro benzene ring substituents is 1. The fourth-order valence-electron chi connectivity index (χ4n) is 1.08. The highest BCUT2D eigenvalue weighted by molar-refractivity contribution is 5.43. The SMILES string of the molecule is NCc1ccc(CN)c([N+](=O)[O-])c1. The zero-order chi connectivity index (χ0) is 9.84. The summed E-state index contributed by atoms with van der Waals surface area (Å²) in [4.78, 5) is 10.1. The largest absolute Gasteiger partial charge is 0.326 e. The van der Waals surface area contributed by atoms with Gasteiger partial charge in [0.2, 0.25) is 0 Å². The van der Waals surface area contributed by atoms with Crippen molar-refractivity contribution in [1.82, 2.24) is 0 Å². The summed E-state index contributed by atoms with van der Waals surface area (Å²) >= 11 is 0. The van der Waals surface area contributed by atoms with E-state index in [1.54, 1.807) is 12.1 Å². The Balaban J connectivity index is 3.18. The fraction of sp³-hybridized carbons (Fsp3) is 0.250. The molecule has 0 saturated carbocycles. The van der Waals surface area contributed by atoms with Gasteiger partial charge in [-0.05, 0) is 5.56 Å². The molecule has 0 spiro atoms. The summed E-state index contributed by atoms with van der Waals surface area (Å²) in [5.41, 5.74) is 12.0. The summed E-state index contributed by atoms with van der Waals surface area (Å²) in [6.45, 7) is 0.465. The lowest BCUT2D eigenvalue weighted by Gasteiger charge is -2.01. The second kappa shape index (κ2) is 3.97. The maximum Gasteiger partial charge on any atom is 0.274 e.